The lowest BCUT2D eigenvalue weighted by Gasteiger charge is -2.43. The van der Waals surface area contributed by atoms with Crippen LogP contribution in [0, 0.1) is 5.92 Å². The average molecular weight is 298 g/mol. The lowest BCUT2D eigenvalue weighted by Crippen LogP contribution is -2.52. The molecule has 114 valence electrons. The van der Waals surface area contributed by atoms with E-state index in [0.717, 1.165) is 30.6 Å². The van der Waals surface area contributed by atoms with Crippen molar-refractivity contribution in [2.24, 2.45) is 5.92 Å². The molecule has 5 nitrogen and oxygen atoms in total. The number of aliphatic hydroxyl groups excluding tert-OH is 1. The summed E-state index contributed by atoms with van der Waals surface area (Å²) in [4.78, 5) is 18.1. The maximum absolute atomic E-state index is 12.7. The van der Waals surface area contributed by atoms with Crippen molar-refractivity contribution in [3.05, 3.63) is 35.5 Å². The minimum atomic E-state index is -0.522. The molecule has 2 N–H and O–H groups in total. The fraction of sp³-hybridized carbons (Fsp3) is 0.471. The van der Waals surface area contributed by atoms with Gasteiger partial charge in [0.15, 0.2) is 0 Å². The van der Waals surface area contributed by atoms with Crippen LogP contribution in [-0.4, -0.2) is 46.3 Å². The van der Waals surface area contributed by atoms with E-state index in [9.17, 15) is 9.90 Å². The number of carbonyl (C=O) groups is 1. The molecule has 0 aliphatic carbocycles. The van der Waals surface area contributed by atoms with Crippen molar-refractivity contribution in [2.75, 3.05) is 13.2 Å². The van der Waals surface area contributed by atoms with Crippen LogP contribution in [-0.2, 0) is 16.0 Å². The van der Waals surface area contributed by atoms with Crippen molar-refractivity contribution in [1.82, 2.24) is 9.88 Å². The molecule has 5 rings (SSSR count). The van der Waals surface area contributed by atoms with Gasteiger partial charge in [-0.1, -0.05) is 18.2 Å². The summed E-state index contributed by atoms with van der Waals surface area (Å²) in [5, 5.41) is 11.4. The number of aromatic amines is 1. The van der Waals surface area contributed by atoms with Crippen LogP contribution in [0.15, 0.2) is 24.3 Å². The zero-order valence-corrected chi connectivity index (χ0v) is 12.2. The molecule has 1 unspecified atom stereocenters. The first-order chi connectivity index (χ1) is 10.7. The van der Waals surface area contributed by atoms with Crippen LogP contribution in [0.5, 0.6) is 0 Å². The van der Waals surface area contributed by atoms with Gasteiger partial charge in [-0.2, -0.15) is 0 Å². The Balaban J connectivity index is 1.63. The molecular formula is C17H18N2O3. The summed E-state index contributed by atoms with van der Waals surface area (Å²) >= 11 is 0. The third-order valence-corrected chi connectivity index (χ3v) is 5.51. The molecule has 3 aliphatic heterocycles. The second kappa shape index (κ2) is 4.33. The number of rotatable bonds is 0. The van der Waals surface area contributed by atoms with Crippen LogP contribution in [0.3, 0.4) is 0 Å². The van der Waals surface area contributed by atoms with E-state index in [1.165, 1.54) is 10.9 Å². The van der Waals surface area contributed by atoms with Crippen molar-refractivity contribution in [3.63, 3.8) is 0 Å². The summed E-state index contributed by atoms with van der Waals surface area (Å²) in [6.45, 7) is 1.02. The molecule has 0 bridgehead atoms. The molecule has 2 fully saturated rings. The number of fused-ring (bicyclic) bond motifs is 6. The largest absolute Gasteiger partial charge is 0.390 e. The number of nitrogens with one attached hydrogen (secondary N) is 1. The Morgan fingerprint density at radius 3 is 3.09 bits per heavy atom. The van der Waals surface area contributed by atoms with E-state index in [0.29, 0.717) is 0 Å². The number of para-hydroxylation sites is 1. The second-order valence-electron chi connectivity index (χ2n) is 6.58. The highest BCUT2D eigenvalue weighted by molar-refractivity contribution is 5.87. The summed E-state index contributed by atoms with van der Waals surface area (Å²) in [7, 11) is 0. The molecule has 1 aromatic carbocycles. The Labute approximate surface area is 127 Å². The molecule has 2 saturated heterocycles. The van der Waals surface area contributed by atoms with E-state index in [2.05, 4.69) is 23.2 Å². The fourth-order valence-electron chi connectivity index (χ4n) is 4.44. The first-order valence-electron chi connectivity index (χ1n) is 7.93. The van der Waals surface area contributed by atoms with Crippen molar-refractivity contribution in [2.45, 2.75) is 31.1 Å². The number of piperidine rings is 1. The number of nitrogens with zero attached hydrogens (tertiary/aromatic N) is 1. The van der Waals surface area contributed by atoms with Gasteiger partial charge >= 0.3 is 0 Å². The molecule has 3 aliphatic rings. The van der Waals surface area contributed by atoms with Gasteiger partial charge < -0.3 is 19.7 Å². The SMILES string of the molecule is O=C1[C@@H]2OCC(O)[C@@H]2C[C@@H]2c3[nH]c4ccccc4c3CCN12. The standard InChI is InChI=1S/C17H18N2O3/c20-14-8-22-16-11(14)7-13-15-10(5-6-19(13)17(16)21)9-3-1-2-4-12(9)18-15/h1-4,11,13-14,16,18,20H,5-8H2/t11-,13+,14?,16+/m0/s1. The quantitative estimate of drug-likeness (QED) is 0.772. The molecule has 1 amide bonds. The molecule has 0 saturated carbocycles. The highest BCUT2D eigenvalue weighted by Gasteiger charge is 2.51. The number of aromatic nitrogens is 1. The van der Waals surface area contributed by atoms with Crippen molar-refractivity contribution in [3.8, 4) is 0 Å². The number of hydrogen-bond acceptors (Lipinski definition) is 3. The highest BCUT2D eigenvalue weighted by atomic mass is 16.5. The Morgan fingerprint density at radius 1 is 1.32 bits per heavy atom. The van der Waals surface area contributed by atoms with Gasteiger partial charge in [-0.3, -0.25) is 4.79 Å². The Morgan fingerprint density at radius 2 is 2.18 bits per heavy atom. The molecule has 4 atom stereocenters. The van der Waals surface area contributed by atoms with Crippen molar-refractivity contribution >= 4 is 16.8 Å². The molecule has 0 spiro atoms. The number of H-pyrrole nitrogens is 1. The van der Waals surface area contributed by atoms with E-state index >= 15 is 0 Å². The van der Waals surface area contributed by atoms with Gasteiger partial charge in [-0.05, 0) is 24.5 Å². The Kier molecular flexibility index (Phi) is 2.50. The highest BCUT2D eigenvalue weighted by Crippen LogP contribution is 2.44. The van der Waals surface area contributed by atoms with E-state index < -0.39 is 12.2 Å². The lowest BCUT2D eigenvalue weighted by molar-refractivity contribution is -0.152. The molecular weight excluding hydrogens is 280 g/mol. The summed E-state index contributed by atoms with van der Waals surface area (Å²) in [5.74, 6) is -0.0341. The minimum absolute atomic E-state index is 0.0428. The van der Waals surface area contributed by atoms with Crippen LogP contribution in [0.2, 0.25) is 0 Å². The zero-order chi connectivity index (χ0) is 14.8. The molecule has 22 heavy (non-hydrogen) atoms. The summed E-state index contributed by atoms with van der Waals surface area (Å²) in [6, 6.07) is 8.35. The zero-order valence-electron chi connectivity index (χ0n) is 12.2. The maximum Gasteiger partial charge on any atom is 0.252 e. The third-order valence-electron chi connectivity index (χ3n) is 5.51. The Bertz CT molecular complexity index is 768. The van der Waals surface area contributed by atoms with Gasteiger partial charge in [0.25, 0.3) is 5.91 Å². The fourth-order valence-corrected chi connectivity index (χ4v) is 4.44. The van der Waals surface area contributed by atoms with Crippen molar-refractivity contribution in [1.29, 1.82) is 0 Å². The van der Waals surface area contributed by atoms with Gasteiger partial charge in [0, 0.05) is 29.1 Å². The summed E-state index contributed by atoms with van der Waals surface area (Å²) < 4.78 is 5.53. The predicted octanol–water partition coefficient (Wildman–Crippen LogP) is 1.37. The number of amides is 1. The van der Waals surface area contributed by atoms with Crippen LogP contribution in [0.4, 0.5) is 0 Å². The van der Waals surface area contributed by atoms with Crippen LogP contribution >= 0.6 is 0 Å². The summed E-state index contributed by atoms with van der Waals surface area (Å²) in [5.41, 5.74) is 3.61. The average Bonchev–Trinajstić information content (AvgIpc) is 3.09. The van der Waals surface area contributed by atoms with E-state index in [4.69, 9.17) is 4.74 Å². The predicted molar refractivity (Wildman–Crippen MR) is 80.3 cm³/mol. The van der Waals surface area contributed by atoms with Gasteiger partial charge in [-0.15, -0.1) is 0 Å². The topological polar surface area (TPSA) is 65.6 Å². The van der Waals surface area contributed by atoms with Crippen LogP contribution in [0.1, 0.15) is 23.7 Å². The van der Waals surface area contributed by atoms with E-state index in [-0.39, 0.29) is 24.5 Å². The maximum atomic E-state index is 12.7. The Hall–Kier alpha value is -1.85. The number of ether oxygens (including phenoxy) is 1. The monoisotopic (exact) mass is 298 g/mol. The molecule has 5 heteroatoms. The number of benzene rings is 1. The second-order valence-corrected chi connectivity index (χ2v) is 6.58. The molecule has 1 aromatic heterocycles. The first kappa shape index (κ1) is 12.7. The lowest BCUT2D eigenvalue weighted by atomic mass is 9.81. The number of aliphatic hydroxyl groups is 1. The minimum Gasteiger partial charge on any atom is -0.390 e. The number of carbonyl (C=O) groups excluding carboxylic acids is 1. The van der Waals surface area contributed by atoms with Crippen LogP contribution in [0.25, 0.3) is 10.9 Å². The first-order valence-corrected chi connectivity index (χ1v) is 7.93. The molecule has 4 heterocycles. The van der Waals surface area contributed by atoms with Crippen LogP contribution < -0.4 is 0 Å². The normalized spacial score (nSPS) is 33.7. The van der Waals surface area contributed by atoms with E-state index in [1.807, 2.05) is 11.0 Å². The third kappa shape index (κ3) is 1.53. The van der Waals surface area contributed by atoms with Gasteiger partial charge in [0.2, 0.25) is 0 Å². The van der Waals surface area contributed by atoms with E-state index in [1.54, 1.807) is 0 Å². The van der Waals surface area contributed by atoms with Crippen molar-refractivity contribution < 1.29 is 14.6 Å². The van der Waals surface area contributed by atoms with Gasteiger partial charge in [0.1, 0.15) is 6.10 Å². The van der Waals surface area contributed by atoms with Gasteiger partial charge in [-0.25, -0.2) is 0 Å². The molecule has 2 aromatic rings. The summed E-state index contributed by atoms with van der Waals surface area (Å²) in [6.07, 6.45) is 0.682. The molecule has 0 radical (unpaired) electrons. The smallest absolute Gasteiger partial charge is 0.252 e. The number of hydrogen-bond donors (Lipinski definition) is 2. The van der Waals surface area contributed by atoms with Gasteiger partial charge in [0.05, 0.1) is 18.8 Å².